The average Bonchev–Trinajstić information content (AvgIpc) is 2.62. The molecule has 2 aromatic carbocycles. The highest BCUT2D eigenvalue weighted by atomic mass is 32.2. The topological polar surface area (TPSA) is 60.9 Å². The molecule has 5 nitrogen and oxygen atoms in total. The minimum Gasteiger partial charge on any atom is -0.506 e. The summed E-state index contributed by atoms with van der Waals surface area (Å²) in [6.45, 7) is 6.09. The molecule has 0 atom stereocenters. The van der Waals surface area contributed by atoms with Crippen molar-refractivity contribution in [2.24, 2.45) is 0 Å². The molecule has 0 aromatic heterocycles. The number of phenolic OH excluding ortho intramolecular Hbond substituents is 1. The van der Waals surface area contributed by atoms with E-state index in [2.05, 4.69) is 13.8 Å². The number of anilines is 1. The largest absolute Gasteiger partial charge is 0.506 e. The van der Waals surface area contributed by atoms with E-state index in [1.807, 2.05) is 29.2 Å². The maximum atomic E-state index is 12.8. The van der Waals surface area contributed by atoms with Crippen LogP contribution in [0, 0.1) is 0 Å². The minimum atomic E-state index is -3.48. The summed E-state index contributed by atoms with van der Waals surface area (Å²) >= 11 is 0. The van der Waals surface area contributed by atoms with Crippen LogP contribution >= 0.6 is 0 Å². The van der Waals surface area contributed by atoms with Gasteiger partial charge in [0.05, 0.1) is 10.6 Å². The standard InChI is InChI=1S/C19H24N2O3S/c1-15(2)16-7-9-17(10-8-16)25(23,24)21-13-11-20(12-14-21)18-5-3-4-6-19(18)22/h3-10,15,22H,11-14H2,1-2H3. The van der Waals surface area contributed by atoms with Crippen molar-refractivity contribution in [3.8, 4) is 5.75 Å². The molecule has 2 aromatic rings. The van der Waals surface area contributed by atoms with Gasteiger partial charge < -0.3 is 10.0 Å². The summed E-state index contributed by atoms with van der Waals surface area (Å²) in [4.78, 5) is 2.36. The maximum Gasteiger partial charge on any atom is 0.243 e. The second-order valence-corrected chi connectivity index (χ2v) is 8.54. The van der Waals surface area contributed by atoms with Crippen LogP contribution in [0.5, 0.6) is 5.75 Å². The first-order chi connectivity index (χ1) is 11.9. The van der Waals surface area contributed by atoms with Crippen molar-refractivity contribution < 1.29 is 13.5 Å². The quantitative estimate of drug-likeness (QED) is 0.910. The average molecular weight is 360 g/mol. The molecule has 0 radical (unpaired) electrons. The third kappa shape index (κ3) is 3.65. The first-order valence-electron chi connectivity index (χ1n) is 8.52. The van der Waals surface area contributed by atoms with Gasteiger partial charge in [-0.25, -0.2) is 8.42 Å². The molecule has 6 heteroatoms. The highest BCUT2D eigenvalue weighted by Crippen LogP contribution is 2.28. The zero-order chi connectivity index (χ0) is 18.0. The van der Waals surface area contributed by atoms with E-state index in [1.54, 1.807) is 24.3 Å². The highest BCUT2D eigenvalue weighted by Gasteiger charge is 2.29. The number of sulfonamides is 1. The van der Waals surface area contributed by atoms with Gasteiger partial charge in [-0.3, -0.25) is 0 Å². The number of piperazine rings is 1. The van der Waals surface area contributed by atoms with Crippen molar-refractivity contribution in [2.75, 3.05) is 31.1 Å². The summed E-state index contributed by atoms with van der Waals surface area (Å²) in [6.07, 6.45) is 0. The fourth-order valence-electron chi connectivity index (χ4n) is 3.07. The molecule has 0 amide bonds. The summed E-state index contributed by atoms with van der Waals surface area (Å²) < 4.78 is 27.2. The molecule has 1 saturated heterocycles. The smallest absolute Gasteiger partial charge is 0.243 e. The highest BCUT2D eigenvalue weighted by molar-refractivity contribution is 7.89. The second kappa shape index (κ2) is 7.06. The number of aromatic hydroxyl groups is 1. The SMILES string of the molecule is CC(C)c1ccc(S(=O)(=O)N2CCN(c3ccccc3O)CC2)cc1. The van der Waals surface area contributed by atoms with Gasteiger partial charge >= 0.3 is 0 Å². The zero-order valence-electron chi connectivity index (χ0n) is 14.6. The van der Waals surface area contributed by atoms with Crippen molar-refractivity contribution in [3.63, 3.8) is 0 Å². The van der Waals surface area contributed by atoms with Crippen LogP contribution in [0.2, 0.25) is 0 Å². The van der Waals surface area contributed by atoms with Crippen LogP contribution in [0.1, 0.15) is 25.3 Å². The first kappa shape index (κ1) is 17.8. The molecule has 0 bridgehead atoms. The number of benzene rings is 2. The van der Waals surface area contributed by atoms with Crippen molar-refractivity contribution >= 4 is 15.7 Å². The van der Waals surface area contributed by atoms with Crippen LogP contribution in [-0.4, -0.2) is 44.0 Å². The van der Waals surface area contributed by atoms with E-state index in [4.69, 9.17) is 0 Å². The monoisotopic (exact) mass is 360 g/mol. The number of hydrogen-bond acceptors (Lipinski definition) is 4. The molecule has 3 rings (SSSR count). The summed E-state index contributed by atoms with van der Waals surface area (Å²) in [5.41, 5.74) is 1.88. The number of phenols is 1. The lowest BCUT2D eigenvalue weighted by Crippen LogP contribution is -2.48. The van der Waals surface area contributed by atoms with Gasteiger partial charge in [-0.15, -0.1) is 0 Å². The van der Waals surface area contributed by atoms with Gasteiger partial charge in [0.2, 0.25) is 10.0 Å². The normalized spacial score (nSPS) is 16.4. The van der Waals surface area contributed by atoms with Crippen LogP contribution < -0.4 is 4.90 Å². The van der Waals surface area contributed by atoms with Crippen molar-refractivity contribution in [1.29, 1.82) is 0 Å². The summed E-state index contributed by atoms with van der Waals surface area (Å²) in [5.74, 6) is 0.599. The van der Waals surface area contributed by atoms with Crippen LogP contribution in [0.3, 0.4) is 0 Å². The molecule has 0 saturated carbocycles. The molecule has 1 aliphatic rings. The number of para-hydroxylation sites is 2. The fourth-order valence-corrected chi connectivity index (χ4v) is 4.50. The molecule has 1 N–H and O–H groups in total. The minimum absolute atomic E-state index is 0.225. The molecular formula is C19H24N2O3S. The van der Waals surface area contributed by atoms with E-state index in [0.29, 0.717) is 37.0 Å². The Balaban J connectivity index is 1.72. The summed E-state index contributed by atoms with van der Waals surface area (Å²) in [6, 6.07) is 14.3. The molecule has 0 unspecified atom stereocenters. The maximum absolute atomic E-state index is 12.8. The Morgan fingerprint density at radius 3 is 2.08 bits per heavy atom. The Labute approximate surface area is 149 Å². The Morgan fingerprint density at radius 1 is 0.920 bits per heavy atom. The second-order valence-electron chi connectivity index (χ2n) is 6.60. The van der Waals surface area contributed by atoms with Crippen LogP contribution in [-0.2, 0) is 10.0 Å². The van der Waals surface area contributed by atoms with E-state index in [9.17, 15) is 13.5 Å². The molecular weight excluding hydrogens is 336 g/mol. The molecule has 134 valence electrons. The third-order valence-electron chi connectivity index (χ3n) is 4.65. The van der Waals surface area contributed by atoms with Gasteiger partial charge in [-0.05, 0) is 35.7 Å². The number of nitrogens with zero attached hydrogens (tertiary/aromatic N) is 2. The van der Waals surface area contributed by atoms with E-state index in [1.165, 1.54) is 4.31 Å². The van der Waals surface area contributed by atoms with Gasteiger partial charge in [0.15, 0.2) is 0 Å². The van der Waals surface area contributed by atoms with Gasteiger partial charge in [-0.2, -0.15) is 4.31 Å². The summed E-state index contributed by atoms with van der Waals surface area (Å²) in [5, 5.41) is 9.96. The van der Waals surface area contributed by atoms with Gasteiger partial charge in [-0.1, -0.05) is 38.1 Å². The number of rotatable bonds is 4. The Hall–Kier alpha value is -2.05. The molecule has 0 spiro atoms. The Kier molecular flexibility index (Phi) is 5.01. The number of hydrogen-bond donors (Lipinski definition) is 1. The lowest BCUT2D eigenvalue weighted by molar-refractivity contribution is 0.382. The van der Waals surface area contributed by atoms with Crippen molar-refractivity contribution in [2.45, 2.75) is 24.7 Å². The van der Waals surface area contributed by atoms with Gasteiger partial charge in [0.1, 0.15) is 5.75 Å². The van der Waals surface area contributed by atoms with Crippen LogP contribution in [0.25, 0.3) is 0 Å². The molecule has 0 aliphatic carbocycles. The summed E-state index contributed by atoms with van der Waals surface area (Å²) in [7, 11) is -3.48. The van der Waals surface area contributed by atoms with E-state index in [0.717, 1.165) is 11.3 Å². The Morgan fingerprint density at radius 2 is 1.52 bits per heavy atom. The Bertz CT molecular complexity index is 824. The molecule has 1 fully saturated rings. The first-order valence-corrected chi connectivity index (χ1v) is 9.96. The van der Waals surface area contributed by atoms with Crippen molar-refractivity contribution in [3.05, 3.63) is 54.1 Å². The van der Waals surface area contributed by atoms with E-state index >= 15 is 0 Å². The van der Waals surface area contributed by atoms with Gasteiger partial charge in [0, 0.05) is 26.2 Å². The van der Waals surface area contributed by atoms with Gasteiger partial charge in [0.25, 0.3) is 0 Å². The molecule has 1 aliphatic heterocycles. The fraction of sp³-hybridized carbons (Fsp3) is 0.368. The third-order valence-corrected chi connectivity index (χ3v) is 6.56. The predicted octanol–water partition coefficient (Wildman–Crippen LogP) is 3.03. The molecule has 1 heterocycles. The lowest BCUT2D eigenvalue weighted by Gasteiger charge is -2.35. The zero-order valence-corrected chi connectivity index (χ0v) is 15.4. The van der Waals surface area contributed by atoms with Crippen LogP contribution in [0.15, 0.2) is 53.4 Å². The predicted molar refractivity (Wildman–Crippen MR) is 99.6 cm³/mol. The molecule has 25 heavy (non-hydrogen) atoms. The van der Waals surface area contributed by atoms with Crippen LogP contribution in [0.4, 0.5) is 5.69 Å². The lowest BCUT2D eigenvalue weighted by atomic mass is 10.0. The van der Waals surface area contributed by atoms with Crippen molar-refractivity contribution in [1.82, 2.24) is 4.31 Å². The van der Waals surface area contributed by atoms with E-state index in [-0.39, 0.29) is 5.75 Å². The van der Waals surface area contributed by atoms with E-state index < -0.39 is 10.0 Å².